The number of piperazine rings is 1. The van der Waals surface area contributed by atoms with Gasteiger partial charge in [-0.2, -0.15) is 0 Å². The van der Waals surface area contributed by atoms with Crippen molar-refractivity contribution in [2.24, 2.45) is 0 Å². The van der Waals surface area contributed by atoms with Crippen LogP contribution in [0.25, 0.3) is 0 Å². The van der Waals surface area contributed by atoms with Gasteiger partial charge in [0.1, 0.15) is 11.5 Å². The number of hydrogen-bond donors (Lipinski definition) is 2. The molecule has 2 N–H and O–H groups in total. The lowest BCUT2D eigenvalue weighted by Crippen LogP contribution is -2.44. The van der Waals surface area contributed by atoms with Crippen LogP contribution in [-0.2, 0) is 6.42 Å². The Labute approximate surface area is 108 Å². The molecule has 0 aromatic heterocycles. The van der Waals surface area contributed by atoms with Crippen LogP contribution in [0.5, 0.6) is 11.5 Å². The summed E-state index contributed by atoms with van der Waals surface area (Å²) in [6.07, 6.45) is 1.90. The van der Waals surface area contributed by atoms with Gasteiger partial charge in [-0.1, -0.05) is 6.07 Å². The fraction of sp³-hybridized carbons (Fsp3) is 0.571. The van der Waals surface area contributed by atoms with Gasteiger partial charge in [-0.25, -0.2) is 0 Å². The Kier molecular flexibility index (Phi) is 4.44. The van der Waals surface area contributed by atoms with Crippen LogP contribution in [0.1, 0.15) is 12.0 Å². The molecule has 1 fully saturated rings. The maximum atomic E-state index is 9.68. The molecule has 0 unspecified atom stereocenters. The third-order valence-electron chi connectivity index (χ3n) is 3.59. The molecule has 100 valence electrons. The first kappa shape index (κ1) is 13.2. The second-order valence-corrected chi connectivity index (χ2v) is 5.06. The summed E-state index contributed by atoms with van der Waals surface area (Å²) in [6, 6.07) is 4.84. The smallest absolute Gasteiger partial charge is 0.122 e. The van der Waals surface area contributed by atoms with Crippen molar-refractivity contribution in [1.82, 2.24) is 9.80 Å². The fourth-order valence-corrected chi connectivity index (χ4v) is 2.33. The van der Waals surface area contributed by atoms with Gasteiger partial charge in [0.15, 0.2) is 0 Å². The second kappa shape index (κ2) is 6.07. The highest BCUT2D eigenvalue weighted by Crippen LogP contribution is 2.23. The predicted octanol–water partition coefficient (Wildman–Crippen LogP) is 1.28. The van der Waals surface area contributed by atoms with E-state index in [-0.39, 0.29) is 11.5 Å². The summed E-state index contributed by atoms with van der Waals surface area (Å²) in [5, 5.41) is 18.9. The normalized spacial score (nSPS) is 18.1. The highest BCUT2D eigenvalue weighted by Gasteiger charge is 2.13. The van der Waals surface area contributed by atoms with Crippen LogP contribution in [0, 0.1) is 0 Å². The Morgan fingerprint density at radius 1 is 1.11 bits per heavy atom. The minimum atomic E-state index is 0.121. The molecule has 4 heteroatoms. The number of benzene rings is 1. The molecule has 1 aromatic rings. The molecular weight excluding hydrogens is 228 g/mol. The molecule has 0 bridgehead atoms. The molecule has 0 radical (unpaired) electrons. The van der Waals surface area contributed by atoms with Crippen LogP contribution < -0.4 is 0 Å². The molecule has 0 atom stereocenters. The van der Waals surface area contributed by atoms with Crippen molar-refractivity contribution < 1.29 is 10.2 Å². The van der Waals surface area contributed by atoms with Gasteiger partial charge in [0, 0.05) is 32.2 Å². The zero-order valence-electron chi connectivity index (χ0n) is 11.0. The Morgan fingerprint density at radius 3 is 2.50 bits per heavy atom. The van der Waals surface area contributed by atoms with Gasteiger partial charge in [0.25, 0.3) is 0 Å². The van der Waals surface area contributed by atoms with Crippen LogP contribution in [0.4, 0.5) is 0 Å². The van der Waals surface area contributed by atoms with E-state index in [1.807, 2.05) is 0 Å². The van der Waals surface area contributed by atoms with Gasteiger partial charge in [0.05, 0.1) is 0 Å². The maximum absolute atomic E-state index is 9.68. The number of phenols is 2. The topological polar surface area (TPSA) is 46.9 Å². The van der Waals surface area contributed by atoms with Crippen LogP contribution in [0.15, 0.2) is 18.2 Å². The number of aromatic hydroxyl groups is 2. The number of rotatable bonds is 4. The lowest BCUT2D eigenvalue weighted by atomic mass is 10.1. The predicted molar refractivity (Wildman–Crippen MR) is 72.0 cm³/mol. The monoisotopic (exact) mass is 250 g/mol. The highest BCUT2D eigenvalue weighted by molar-refractivity contribution is 5.38. The number of aryl methyl sites for hydroxylation is 1. The minimum Gasteiger partial charge on any atom is -0.508 e. The average Bonchev–Trinajstić information content (AvgIpc) is 2.34. The first-order chi connectivity index (χ1) is 8.65. The van der Waals surface area contributed by atoms with Crippen LogP contribution >= 0.6 is 0 Å². The summed E-state index contributed by atoms with van der Waals surface area (Å²) in [5.74, 6) is 0.323. The van der Waals surface area contributed by atoms with E-state index >= 15 is 0 Å². The molecule has 1 aliphatic rings. The Morgan fingerprint density at radius 2 is 1.83 bits per heavy atom. The lowest BCUT2D eigenvalue weighted by molar-refractivity contribution is 0.153. The highest BCUT2D eigenvalue weighted by atomic mass is 16.3. The number of phenolic OH excluding ortho intramolecular Hbond substituents is 2. The van der Waals surface area contributed by atoms with Crippen LogP contribution in [0.3, 0.4) is 0 Å². The standard InChI is InChI=1S/C14H22N2O2/c1-15-7-9-16(10-8-15)6-2-3-12-4-5-13(17)11-14(12)18/h4-5,11,17-18H,2-3,6-10H2,1H3. The molecule has 1 heterocycles. The minimum absolute atomic E-state index is 0.121. The Balaban J connectivity index is 1.75. The van der Waals surface area contributed by atoms with Crippen LogP contribution in [0.2, 0.25) is 0 Å². The van der Waals surface area contributed by atoms with Gasteiger partial charge in [-0.05, 0) is 38.1 Å². The molecule has 0 aliphatic carbocycles. The van der Waals surface area contributed by atoms with Crippen molar-refractivity contribution in [3.8, 4) is 11.5 Å². The van der Waals surface area contributed by atoms with Crippen molar-refractivity contribution in [2.75, 3.05) is 39.8 Å². The largest absolute Gasteiger partial charge is 0.508 e. The quantitative estimate of drug-likeness (QED) is 0.845. The van der Waals surface area contributed by atoms with Gasteiger partial charge in [0.2, 0.25) is 0 Å². The van der Waals surface area contributed by atoms with Gasteiger partial charge >= 0.3 is 0 Å². The van der Waals surface area contributed by atoms with E-state index in [2.05, 4.69) is 16.8 Å². The molecule has 0 amide bonds. The molecule has 0 saturated carbocycles. The molecule has 2 rings (SSSR count). The molecule has 18 heavy (non-hydrogen) atoms. The van der Waals surface area contributed by atoms with Crippen molar-refractivity contribution in [1.29, 1.82) is 0 Å². The van der Waals surface area contributed by atoms with E-state index in [4.69, 9.17) is 0 Å². The Bertz CT molecular complexity index is 387. The van der Waals surface area contributed by atoms with Crippen molar-refractivity contribution in [3.05, 3.63) is 23.8 Å². The van der Waals surface area contributed by atoms with Gasteiger partial charge in [-0.3, -0.25) is 0 Å². The first-order valence-corrected chi connectivity index (χ1v) is 6.57. The molecule has 1 saturated heterocycles. The SMILES string of the molecule is CN1CCN(CCCc2ccc(O)cc2O)CC1. The second-order valence-electron chi connectivity index (χ2n) is 5.06. The summed E-state index contributed by atoms with van der Waals surface area (Å²) in [5.41, 5.74) is 0.918. The Hall–Kier alpha value is -1.26. The molecule has 1 aliphatic heterocycles. The maximum Gasteiger partial charge on any atom is 0.122 e. The third kappa shape index (κ3) is 3.62. The zero-order chi connectivity index (χ0) is 13.0. The molecule has 1 aromatic carbocycles. The van der Waals surface area contributed by atoms with Crippen LogP contribution in [-0.4, -0.2) is 59.8 Å². The average molecular weight is 250 g/mol. The van der Waals surface area contributed by atoms with Crippen molar-refractivity contribution in [3.63, 3.8) is 0 Å². The van der Waals surface area contributed by atoms with E-state index in [9.17, 15) is 10.2 Å². The fourth-order valence-electron chi connectivity index (χ4n) is 2.33. The van der Waals surface area contributed by atoms with E-state index < -0.39 is 0 Å². The zero-order valence-corrected chi connectivity index (χ0v) is 11.0. The van der Waals surface area contributed by atoms with Crippen molar-refractivity contribution >= 4 is 0 Å². The summed E-state index contributed by atoms with van der Waals surface area (Å²) in [4.78, 5) is 4.82. The number of nitrogens with zero attached hydrogens (tertiary/aromatic N) is 2. The van der Waals surface area contributed by atoms with E-state index in [0.717, 1.165) is 51.1 Å². The molecule has 0 spiro atoms. The van der Waals surface area contributed by atoms with E-state index in [1.165, 1.54) is 6.07 Å². The van der Waals surface area contributed by atoms with E-state index in [0.29, 0.717) is 0 Å². The molecular formula is C14H22N2O2. The summed E-state index contributed by atoms with van der Waals surface area (Å²) in [7, 11) is 2.16. The lowest BCUT2D eigenvalue weighted by Gasteiger charge is -2.32. The summed E-state index contributed by atoms with van der Waals surface area (Å²) in [6.45, 7) is 5.64. The number of hydrogen-bond acceptors (Lipinski definition) is 4. The number of likely N-dealkylation sites (N-methyl/N-ethyl adjacent to an activating group) is 1. The summed E-state index contributed by atoms with van der Waals surface area (Å²) >= 11 is 0. The summed E-state index contributed by atoms with van der Waals surface area (Å²) < 4.78 is 0. The van der Waals surface area contributed by atoms with E-state index in [1.54, 1.807) is 12.1 Å². The van der Waals surface area contributed by atoms with Gasteiger partial charge in [-0.15, -0.1) is 0 Å². The third-order valence-corrected chi connectivity index (χ3v) is 3.59. The molecule has 4 nitrogen and oxygen atoms in total. The van der Waals surface area contributed by atoms with Crippen molar-refractivity contribution in [2.45, 2.75) is 12.8 Å². The first-order valence-electron chi connectivity index (χ1n) is 6.57. The van der Waals surface area contributed by atoms with Gasteiger partial charge < -0.3 is 20.0 Å².